The van der Waals surface area contributed by atoms with Crippen LogP contribution in [0.25, 0.3) is 16.9 Å². The molecule has 1 aromatic carbocycles. The molecule has 4 aromatic rings. The molecule has 3 aromatic heterocycles. The predicted octanol–water partition coefficient (Wildman–Crippen LogP) is 2.64. The van der Waals surface area contributed by atoms with Crippen LogP contribution in [0.1, 0.15) is 17.2 Å². The molecule has 6 rings (SSSR count). The lowest BCUT2D eigenvalue weighted by molar-refractivity contribution is -0.154. The first-order valence-electron chi connectivity index (χ1n) is 14.7. The molecule has 3 N–H and O–H groups in total. The molecule has 45 heavy (non-hydrogen) atoms. The first-order valence-corrected chi connectivity index (χ1v) is 14.7. The van der Waals surface area contributed by atoms with Crippen LogP contribution >= 0.6 is 0 Å². The number of carbonyl (C=O) groups is 1. The molecule has 0 unspecified atom stereocenters. The van der Waals surface area contributed by atoms with Crippen LogP contribution in [-0.2, 0) is 14.4 Å². The molecule has 2 aliphatic heterocycles. The van der Waals surface area contributed by atoms with Gasteiger partial charge in [0.2, 0.25) is 11.9 Å². The second-order valence-electron chi connectivity index (χ2n) is 10.6. The summed E-state index contributed by atoms with van der Waals surface area (Å²) in [6.07, 6.45) is 4.22. The maximum Gasteiger partial charge on any atom is 0.320 e. The van der Waals surface area contributed by atoms with Gasteiger partial charge < -0.3 is 15.0 Å². The third kappa shape index (κ3) is 7.08. The van der Waals surface area contributed by atoms with E-state index in [-0.39, 0.29) is 0 Å². The number of carbonyl (C=O) groups excluding carboxylic acids is 1. The van der Waals surface area contributed by atoms with E-state index >= 15 is 0 Å². The van der Waals surface area contributed by atoms with Gasteiger partial charge in [-0.25, -0.2) is 29.9 Å². The minimum absolute atomic E-state index is 0.371. The number of aromatic nitrogens is 5. The monoisotopic (exact) mass is 618 g/mol. The summed E-state index contributed by atoms with van der Waals surface area (Å²) in [6, 6.07) is 11.5. The minimum Gasteiger partial charge on any atom is -0.383 e. The van der Waals surface area contributed by atoms with Gasteiger partial charge in [-0.15, -0.1) is 0 Å². The van der Waals surface area contributed by atoms with Gasteiger partial charge in [-0.2, -0.15) is 14.6 Å². The van der Waals surface area contributed by atoms with Crippen LogP contribution in [0, 0.1) is 12.9 Å². The lowest BCUT2D eigenvalue weighted by Crippen LogP contribution is -2.42. The van der Waals surface area contributed by atoms with Crippen molar-refractivity contribution in [1.82, 2.24) is 40.6 Å². The van der Waals surface area contributed by atoms with Crippen molar-refractivity contribution in [3.05, 3.63) is 78.1 Å². The van der Waals surface area contributed by atoms with E-state index in [1.807, 2.05) is 42.2 Å². The summed E-state index contributed by atoms with van der Waals surface area (Å²) in [7, 11) is 1.60. The van der Waals surface area contributed by atoms with Crippen LogP contribution in [0.2, 0.25) is 0 Å². The van der Waals surface area contributed by atoms with Crippen molar-refractivity contribution in [3.8, 4) is 16.9 Å². The number of nitrogens with zero attached hydrogens (tertiary/aromatic N) is 7. The molecule has 0 bridgehead atoms. The van der Waals surface area contributed by atoms with Crippen LogP contribution in [0.5, 0.6) is 0 Å². The van der Waals surface area contributed by atoms with Crippen molar-refractivity contribution in [2.24, 2.45) is 0 Å². The van der Waals surface area contributed by atoms with E-state index in [1.165, 1.54) is 12.3 Å². The Bertz CT molecular complexity index is 1580. The van der Waals surface area contributed by atoms with E-state index in [0.29, 0.717) is 68.0 Å². The molecule has 2 atom stereocenters. The number of pyridine rings is 1. The number of anilines is 2. The van der Waals surface area contributed by atoms with Crippen LogP contribution in [0.4, 0.5) is 21.0 Å². The van der Waals surface area contributed by atoms with Crippen LogP contribution in [0.15, 0.2) is 61.1 Å². The summed E-state index contributed by atoms with van der Waals surface area (Å²) in [6.45, 7) is 5.76. The van der Waals surface area contributed by atoms with Crippen LogP contribution in [-0.4, -0.2) is 94.9 Å². The molecule has 236 valence electrons. The fraction of sp³-hybridized carbons (Fsp3) is 0.367. The molecule has 0 spiro atoms. The van der Waals surface area contributed by atoms with Crippen molar-refractivity contribution >= 4 is 17.8 Å². The Hall–Kier alpha value is -4.54. The number of methoxy groups -OCH3 is 1. The molecule has 2 fully saturated rings. The molecule has 14 nitrogen and oxygen atoms in total. The fourth-order valence-electron chi connectivity index (χ4n) is 5.32. The molecule has 0 aliphatic carbocycles. The third-order valence-electron chi connectivity index (χ3n) is 7.57. The molecular weight excluding hydrogens is 583 g/mol. The number of urea groups is 1. The molecule has 2 amide bonds. The molecular formula is C30H35FN10O4. The number of ether oxygens (including phenoxy) is 1. The number of halogens is 1. The van der Waals surface area contributed by atoms with Gasteiger partial charge in [-0.05, 0) is 36.8 Å². The van der Waals surface area contributed by atoms with E-state index in [0.717, 1.165) is 17.8 Å². The van der Waals surface area contributed by atoms with Gasteiger partial charge in [0.1, 0.15) is 17.6 Å². The van der Waals surface area contributed by atoms with Gasteiger partial charge in [0, 0.05) is 69.6 Å². The zero-order chi connectivity index (χ0) is 31.2. The topological polar surface area (TPSA) is 144 Å². The number of nitrogens with one attached hydrogen (secondary N) is 3. The van der Waals surface area contributed by atoms with Crippen molar-refractivity contribution in [2.45, 2.75) is 19.1 Å². The van der Waals surface area contributed by atoms with Gasteiger partial charge in [-0.3, -0.25) is 15.0 Å². The number of amides is 2. The van der Waals surface area contributed by atoms with Crippen molar-refractivity contribution in [3.63, 3.8) is 0 Å². The summed E-state index contributed by atoms with van der Waals surface area (Å²) in [5.41, 5.74) is 6.28. The van der Waals surface area contributed by atoms with E-state index in [4.69, 9.17) is 19.5 Å². The third-order valence-corrected chi connectivity index (χ3v) is 7.57. The highest BCUT2D eigenvalue weighted by Gasteiger charge is 2.37. The quantitative estimate of drug-likeness (QED) is 0.238. The molecule has 2 aliphatic rings. The summed E-state index contributed by atoms with van der Waals surface area (Å²) >= 11 is 0. The number of hydrogen-bond donors (Lipinski definition) is 3. The predicted molar refractivity (Wildman–Crippen MR) is 163 cm³/mol. The number of rotatable bonds is 9. The Balaban J connectivity index is 1.25. The maximum atomic E-state index is 14.0. The number of benzene rings is 1. The summed E-state index contributed by atoms with van der Waals surface area (Å²) in [5, 5.41) is 12.6. The van der Waals surface area contributed by atoms with E-state index < -0.39 is 24.1 Å². The molecule has 5 heterocycles. The Labute approximate surface area is 259 Å². The Morgan fingerprint density at radius 3 is 2.76 bits per heavy atom. The normalized spacial score (nSPS) is 19.0. The maximum absolute atomic E-state index is 14.0. The smallest absolute Gasteiger partial charge is 0.320 e. The Morgan fingerprint density at radius 1 is 1.16 bits per heavy atom. The lowest BCUT2D eigenvalue weighted by Gasteiger charge is -2.19. The Kier molecular flexibility index (Phi) is 9.52. The lowest BCUT2D eigenvalue weighted by atomic mass is 10.0. The standard InChI is InChI=1S/C30H35FN10O4/c1-20-26(22-17-33-29(34-18-22)39-11-10-35-44-15-12-39)38-41(23-6-4-3-5-7-23)28(20)37-30(42)36-24-19-40(13-14-43-2)45-27(24)21-8-9-32-25(31)16-21/h3-9,16-18,24,27,35H,10-15,19H2,1-2H3,(H2,36,37,42)/t24-,27+/m1/s1. The van der Waals surface area contributed by atoms with Crippen molar-refractivity contribution in [2.75, 3.05) is 63.3 Å². The number of hydrogen-bond acceptors (Lipinski definition) is 11. The largest absolute Gasteiger partial charge is 0.383 e. The van der Waals surface area contributed by atoms with Gasteiger partial charge in [0.15, 0.2) is 0 Å². The highest BCUT2D eigenvalue weighted by molar-refractivity contribution is 5.91. The highest BCUT2D eigenvalue weighted by atomic mass is 19.1. The first-order chi connectivity index (χ1) is 22.0. The highest BCUT2D eigenvalue weighted by Crippen LogP contribution is 2.32. The summed E-state index contributed by atoms with van der Waals surface area (Å²) in [4.78, 5) is 39.8. The zero-order valence-corrected chi connectivity index (χ0v) is 25.0. The summed E-state index contributed by atoms with van der Waals surface area (Å²) < 4.78 is 20.9. The van der Waals surface area contributed by atoms with Gasteiger partial charge in [0.05, 0.1) is 24.9 Å². The average Bonchev–Trinajstić information content (AvgIpc) is 3.47. The van der Waals surface area contributed by atoms with Gasteiger partial charge in [0.25, 0.3) is 0 Å². The van der Waals surface area contributed by atoms with E-state index in [1.54, 1.807) is 35.3 Å². The molecule has 0 radical (unpaired) electrons. The van der Waals surface area contributed by atoms with Crippen molar-refractivity contribution < 1.29 is 23.6 Å². The van der Waals surface area contributed by atoms with Gasteiger partial charge >= 0.3 is 6.03 Å². The zero-order valence-electron chi connectivity index (χ0n) is 25.0. The number of para-hydroxylation sites is 1. The first kappa shape index (κ1) is 30.5. The van der Waals surface area contributed by atoms with Crippen molar-refractivity contribution in [1.29, 1.82) is 0 Å². The fourth-order valence-corrected chi connectivity index (χ4v) is 5.32. The van der Waals surface area contributed by atoms with Crippen LogP contribution in [0.3, 0.4) is 0 Å². The van der Waals surface area contributed by atoms with Crippen LogP contribution < -0.4 is 21.0 Å². The molecule has 15 heteroatoms. The van der Waals surface area contributed by atoms with E-state index in [9.17, 15) is 9.18 Å². The SMILES string of the molecule is COCCN1C[C@@H](NC(=O)Nc2c(C)c(-c3cnc(N4CCNOCC4)nc3)nn2-c2ccccc2)[C@H](c2ccnc(F)c2)O1. The number of hydroxylamine groups is 3. The summed E-state index contributed by atoms with van der Waals surface area (Å²) in [5.74, 6) is 0.458. The van der Waals surface area contributed by atoms with Gasteiger partial charge in [-0.1, -0.05) is 18.2 Å². The second-order valence-corrected chi connectivity index (χ2v) is 10.6. The minimum atomic E-state index is -0.626. The Morgan fingerprint density at radius 2 is 1.98 bits per heavy atom. The molecule has 0 saturated carbocycles. The van der Waals surface area contributed by atoms with E-state index in [2.05, 4.69) is 31.1 Å². The second kappa shape index (κ2) is 14.0. The molecule has 2 saturated heterocycles. The average molecular weight is 619 g/mol.